The van der Waals surface area contributed by atoms with Crippen LogP contribution in [0.15, 0.2) is 42.5 Å². The van der Waals surface area contributed by atoms with Gasteiger partial charge >= 0.3 is 5.97 Å². The minimum atomic E-state index is -0.969. The highest BCUT2D eigenvalue weighted by Gasteiger charge is 2.27. The lowest BCUT2D eigenvalue weighted by Gasteiger charge is -2.26. The Morgan fingerprint density at radius 1 is 1.29 bits per heavy atom. The number of benzene rings is 2. The molecular formula is C17H18N2O2. The number of hydrogen-bond donors (Lipinski definition) is 2. The van der Waals surface area contributed by atoms with Crippen LogP contribution in [0, 0.1) is 0 Å². The van der Waals surface area contributed by atoms with Crippen LogP contribution < -0.4 is 10.6 Å². The SMILES string of the molecule is CC1Cc2ccccc2N1Cc1cccc(N)c1C(=O)O. The Hall–Kier alpha value is -2.49. The van der Waals surface area contributed by atoms with Crippen LogP contribution in [0.2, 0.25) is 0 Å². The van der Waals surface area contributed by atoms with Crippen molar-refractivity contribution in [3.05, 3.63) is 59.2 Å². The highest BCUT2D eigenvalue weighted by atomic mass is 16.4. The molecule has 1 unspecified atom stereocenters. The predicted octanol–water partition coefficient (Wildman–Crippen LogP) is 2.92. The second kappa shape index (κ2) is 5.13. The normalized spacial score (nSPS) is 16.8. The van der Waals surface area contributed by atoms with Gasteiger partial charge in [0.05, 0.1) is 5.56 Å². The number of nitrogens with two attached hydrogens (primary N) is 1. The zero-order valence-electron chi connectivity index (χ0n) is 11.9. The van der Waals surface area contributed by atoms with Gasteiger partial charge in [-0.2, -0.15) is 0 Å². The summed E-state index contributed by atoms with van der Waals surface area (Å²) < 4.78 is 0. The maximum absolute atomic E-state index is 11.4. The molecule has 0 saturated carbocycles. The quantitative estimate of drug-likeness (QED) is 0.849. The van der Waals surface area contributed by atoms with Crippen LogP contribution in [0.3, 0.4) is 0 Å². The zero-order valence-corrected chi connectivity index (χ0v) is 11.9. The number of para-hydroxylation sites is 1. The van der Waals surface area contributed by atoms with E-state index < -0.39 is 5.97 Å². The van der Waals surface area contributed by atoms with Crippen molar-refractivity contribution in [2.24, 2.45) is 0 Å². The van der Waals surface area contributed by atoms with Gasteiger partial charge in [-0.3, -0.25) is 0 Å². The number of carboxylic acids is 1. The molecule has 1 atom stereocenters. The summed E-state index contributed by atoms with van der Waals surface area (Å²) >= 11 is 0. The van der Waals surface area contributed by atoms with Gasteiger partial charge < -0.3 is 15.7 Å². The molecule has 4 nitrogen and oxygen atoms in total. The minimum Gasteiger partial charge on any atom is -0.478 e. The van der Waals surface area contributed by atoms with Gasteiger partial charge in [-0.15, -0.1) is 0 Å². The highest BCUT2D eigenvalue weighted by molar-refractivity contribution is 5.95. The van der Waals surface area contributed by atoms with Crippen molar-refractivity contribution < 1.29 is 9.90 Å². The van der Waals surface area contributed by atoms with Crippen LogP contribution in [0.1, 0.15) is 28.4 Å². The maximum atomic E-state index is 11.4. The molecule has 108 valence electrons. The molecule has 0 spiro atoms. The van der Waals surface area contributed by atoms with Crippen LogP contribution in [-0.2, 0) is 13.0 Å². The number of carbonyl (C=O) groups is 1. The molecule has 1 aliphatic heterocycles. The summed E-state index contributed by atoms with van der Waals surface area (Å²) in [6.45, 7) is 2.72. The second-order valence-corrected chi connectivity index (χ2v) is 5.50. The molecule has 3 rings (SSSR count). The summed E-state index contributed by atoms with van der Waals surface area (Å²) in [7, 11) is 0. The maximum Gasteiger partial charge on any atom is 0.338 e. The van der Waals surface area contributed by atoms with Crippen molar-refractivity contribution in [2.45, 2.75) is 25.9 Å². The zero-order chi connectivity index (χ0) is 15.0. The Kier molecular flexibility index (Phi) is 3.29. The van der Waals surface area contributed by atoms with Gasteiger partial charge in [0, 0.05) is 24.0 Å². The third-order valence-electron chi connectivity index (χ3n) is 4.09. The van der Waals surface area contributed by atoms with Crippen LogP contribution in [0.4, 0.5) is 11.4 Å². The van der Waals surface area contributed by atoms with Gasteiger partial charge in [0.1, 0.15) is 0 Å². The lowest BCUT2D eigenvalue weighted by Crippen LogP contribution is -2.29. The molecule has 2 aromatic carbocycles. The van der Waals surface area contributed by atoms with E-state index in [0.717, 1.165) is 12.0 Å². The summed E-state index contributed by atoms with van der Waals surface area (Å²) in [4.78, 5) is 13.7. The van der Waals surface area contributed by atoms with Crippen molar-refractivity contribution in [3.8, 4) is 0 Å². The summed E-state index contributed by atoms with van der Waals surface area (Å²) in [6, 6.07) is 13.9. The van der Waals surface area contributed by atoms with E-state index in [1.807, 2.05) is 24.3 Å². The summed E-state index contributed by atoms with van der Waals surface area (Å²) in [6.07, 6.45) is 0.987. The average Bonchev–Trinajstić information content (AvgIpc) is 2.75. The van der Waals surface area contributed by atoms with E-state index in [1.54, 1.807) is 6.07 Å². The Labute approximate surface area is 123 Å². The molecular weight excluding hydrogens is 264 g/mol. The number of nitrogen functional groups attached to an aromatic ring is 1. The Morgan fingerprint density at radius 3 is 2.81 bits per heavy atom. The smallest absolute Gasteiger partial charge is 0.338 e. The molecule has 4 heteroatoms. The first-order valence-electron chi connectivity index (χ1n) is 7.03. The molecule has 0 radical (unpaired) electrons. The molecule has 21 heavy (non-hydrogen) atoms. The highest BCUT2D eigenvalue weighted by Crippen LogP contribution is 2.34. The fourth-order valence-corrected chi connectivity index (χ4v) is 3.07. The Balaban J connectivity index is 1.98. The van der Waals surface area contributed by atoms with Crippen LogP contribution in [0.5, 0.6) is 0 Å². The molecule has 0 saturated heterocycles. The molecule has 0 amide bonds. The molecule has 0 aliphatic carbocycles. The first kappa shape index (κ1) is 13.5. The first-order valence-corrected chi connectivity index (χ1v) is 7.03. The number of anilines is 2. The largest absolute Gasteiger partial charge is 0.478 e. The molecule has 0 bridgehead atoms. The van der Waals surface area contributed by atoms with E-state index in [-0.39, 0.29) is 5.56 Å². The van der Waals surface area contributed by atoms with E-state index >= 15 is 0 Å². The molecule has 2 aromatic rings. The van der Waals surface area contributed by atoms with Crippen LogP contribution in [-0.4, -0.2) is 17.1 Å². The van der Waals surface area contributed by atoms with Crippen molar-refractivity contribution >= 4 is 17.3 Å². The van der Waals surface area contributed by atoms with Gasteiger partial charge in [-0.05, 0) is 36.6 Å². The lowest BCUT2D eigenvalue weighted by atomic mass is 10.0. The van der Waals surface area contributed by atoms with E-state index in [2.05, 4.69) is 24.0 Å². The van der Waals surface area contributed by atoms with E-state index in [1.165, 1.54) is 11.3 Å². The Morgan fingerprint density at radius 2 is 2.05 bits per heavy atom. The summed E-state index contributed by atoms with van der Waals surface area (Å²) in [5, 5.41) is 9.38. The van der Waals surface area contributed by atoms with Gasteiger partial charge in [0.2, 0.25) is 0 Å². The van der Waals surface area contributed by atoms with Crippen LogP contribution >= 0.6 is 0 Å². The summed E-state index contributed by atoms with van der Waals surface area (Å²) in [5.41, 5.74) is 9.61. The number of nitrogens with zero attached hydrogens (tertiary/aromatic N) is 1. The third-order valence-corrected chi connectivity index (χ3v) is 4.09. The third kappa shape index (κ3) is 2.33. The predicted molar refractivity (Wildman–Crippen MR) is 83.6 cm³/mol. The van der Waals surface area contributed by atoms with E-state index in [9.17, 15) is 9.90 Å². The van der Waals surface area contributed by atoms with Crippen molar-refractivity contribution in [1.29, 1.82) is 0 Å². The number of fused-ring (bicyclic) bond motifs is 1. The van der Waals surface area contributed by atoms with E-state index in [0.29, 0.717) is 18.3 Å². The van der Waals surface area contributed by atoms with Gasteiger partial charge in [-0.25, -0.2) is 4.79 Å². The minimum absolute atomic E-state index is 0.217. The summed E-state index contributed by atoms with van der Waals surface area (Å²) in [5.74, 6) is -0.969. The molecule has 1 heterocycles. The molecule has 1 aliphatic rings. The fourth-order valence-electron chi connectivity index (χ4n) is 3.07. The van der Waals surface area contributed by atoms with Gasteiger partial charge in [0.15, 0.2) is 0 Å². The number of carboxylic acid groups (broad SMARTS) is 1. The number of rotatable bonds is 3. The fraction of sp³-hybridized carbons (Fsp3) is 0.235. The van der Waals surface area contributed by atoms with Gasteiger partial charge in [-0.1, -0.05) is 30.3 Å². The number of aromatic carboxylic acids is 1. The molecule has 3 N–H and O–H groups in total. The first-order chi connectivity index (χ1) is 10.1. The Bertz CT molecular complexity index is 697. The average molecular weight is 282 g/mol. The lowest BCUT2D eigenvalue weighted by molar-refractivity contribution is 0.0697. The standard InChI is InChI=1S/C17H18N2O2/c1-11-9-12-5-2-3-8-15(12)19(11)10-13-6-4-7-14(18)16(13)17(20)21/h2-8,11H,9-10,18H2,1H3,(H,20,21). The van der Waals surface area contributed by atoms with Gasteiger partial charge in [0.25, 0.3) is 0 Å². The van der Waals surface area contributed by atoms with Crippen molar-refractivity contribution in [3.63, 3.8) is 0 Å². The topological polar surface area (TPSA) is 66.6 Å². The van der Waals surface area contributed by atoms with Crippen LogP contribution in [0.25, 0.3) is 0 Å². The second-order valence-electron chi connectivity index (χ2n) is 5.50. The molecule has 0 fully saturated rings. The van der Waals surface area contributed by atoms with E-state index in [4.69, 9.17) is 5.73 Å². The van der Waals surface area contributed by atoms with Crippen molar-refractivity contribution in [1.82, 2.24) is 0 Å². The monoisotopic (exact) mass is 282 g/mol. The van der Waals surface area contributed by atoms with Crippen molar-refractivity contribution in [2.75, 3.05) is 10.6 Å². The molecule has 0 aromatic heterocycles. The number of hydrogen-bond acceptors (Lipinski definition) is 3.